The van der Waals surface area contributed by atoms with Crippen molar-refractivity contribution < 1.29 is 17.9 Å². The van der Waals surface area contributed by atoms with Gasteiger partial charge in [-0.25, -0.2) is 8.42 Å². The maximum Gasteiger partial charge on any atom is 0.264 e. The molecular weight excluding hydrogens is 428 g/mol. The summed E-state index contributed by atoms with van der Waals surface area (Å²) < 4.78 is 34.4. The summed E-state index contributed by atoms with van der Waals surface area (Å²) in [5, 5.41) is 0. The van der Waals surface area contributed by atoms with Crippen LogP contribution in [0.5, 0.6) is 0 Å². The van der Waals surface area contributed by atoms with Crippen LogP contribution < -0.4 is 4.72 Å². The van der Waals surface area contributed by atoms with E-state index < -0.39 is 10.0 Å². The largest absolute Gasteiger partial charge is 0.377 e. The van der Waals surface area contributed by atoms with Gasteiger partial charge in [-0.1, -0.05) is 26.0 Å². The number of fused-ring (bicyclic) bond motifs is 1. The normalized spacial score (nSPS) is 16.2. The van der Waals surface area contributed by atoms with Crippen LogP contribution in [-0.2, 0) is 14.8 Å². The minimum Gasteiger partial charge on any atom is -0.377 e. The number of carbonyl (C=O) groups excluding carboxylic acids is 1. The minimum absolute atomic E-state index is 0.00717. The Hall–Kier alpha value is -3.04. The molecule has 8 nitrogen and oxygen atoms in total. The molecule has 1 unspecified atom stereocenters. The molecule has 1 fully saturated rings. The predicted molar refractivity (Wildman–Crippen MR) is 124 cm³/mol. The second-order valence-electron chi connectivity index (χ2n) is 7.26. The third-order valence-corrected chi connectivity index (χ3v) is 6.43. The molecule has 4 rings (SSSR count). The van der Waals surface area contributed by atoms with Crippen molar-refractivity contribution in [2.75, 3.05) is 24.5 Å². The van der Waals surface area contributed by atoms with Crippen molar-refractivity contribution in [3.05, 3.63) is 59.9 Å². The summed E-state index contributed by atoms with van der Waals surface area (Å²) in [4.78, 5) is 23.2. The van der Waals surface area contributed by atoms with E-state index in [1.807, 2.05) is 27.7 Å². The number of ether oxygens (including phenoxy) is 1. The topological polar surface area (TPSA) is 101 Å². The van der Waals surface area contributed by atoms with E-state index in [9.17, 15) is 13.2 Å². The van der Waals surface area contributed by atoms with Crippen LogP contribution in [0, 0.1) is 6.92 Å². The fraction of sp³-hybridized carbons (Fsp3) is 0.348. The van der Waals surface area contributed by atoms with Crippen molar-refractivity contribution in [1.29, 1.82) is 0 Å². The van der Waals surface area contributed by atoms with E-state index in [0.717, 1.165) is 5.56 Å². The molecule has 1 aliphatic rings. The molecule has 9 heteroatoms. The van der Waals surface area contributed by atoms with Gasteiger partial charge in [-0.05, 0) is 43.7 Å². The molecular formula is C23H28N4O4S. The number of sulfonamides is 1. The summed E-state index contributed by atoms with van der Waals surface area (Å²) in [5.74, 6) is -0.235. The zero-order chi connectivity index (χ0) is 23.3. The predicted octanol–water partition coefficient (Wildman–Crippen LogP) is 3.63. The lowest BCUT2D eigenvalue weighted by atomic mass is 10.1. The van der Waals surface area contributed by atoms with Crippen LogP contribution in [-0.4, -0.2) is 55.0 Å². The van der Waals surface area contributed by atoms with E-state index in [-0.39, 0.29) is 28.0 Å². The number of carbonyl (C=O) groups is 1. The molecule has 1 aliphatic heterocycles. The third-order valence-electron chi connectivity index (χ3n) is 5.03. The number of nitrogens with one attached hydrogen (secondary N) is 1. The first-order valence-electron chi connectivity index (χ1n) is 10.6. The van der Waals surface area contributed by atoms with Gasteiger partial charge in [0, 0.05) is 18.9 Å². The Kier molecular flexibility index (Phi) is 7.42. The molecule has 2 aromatic carbocycles. The van der Waals surface area contributed by atoms with E-state index in [1.54, 1.807) is 35.2 Å². The molecule has 0 aliphatic carbocycles. The van der Waals surface area contributed by atoms with Crippen molar-refractivity contribution in [2.24, 2.45) is 0 Å². The number of amides is 1. The molecule has 32 heavy (non-hydrogen) atoms. The highest BCUT2D eigenvalue weighted by atomic mass is 32.2. The summed E-state index contributed by atoms with van der Waals surface area (Å²) in [6, 6.07) is 9.80. The molecule has 1 amide bonds. The number of aromatic nitrogens is 2. The summed E-state index contributed by atoms with van der Waals surface area (Å²) >= 11 is 0. The first-order chi connectivity index (χ1) is 15.4. The van der Waals surface area contributed by atoms with E-state index in [4.69, 9.17) is 4.74 Å². The minimum atomic E-state index is -4.00. The maximum atomic E-state index is 13.2. The van der Waals surface area contributed by atoms with Crippen LogP contribution in [0.15, 0.2) is 53.7 Å². The smallest absolute Gasteiger partial charge is 0.264 e. The van der Waals surface area contributed by atoms with Crippen molar-refractivity contribution in [1.82, 2.24) is 14.9 Å². The van der Waals surface area contributed by atoms with Gasteiger partial charge in [0.05, 0.1) is 36.0 Å². The fourth-order valence-corrected chi connectivity index (χ4v) is 4.73. The molecule has 0 spiro atoms. The van der Waals surface area contributed by atoms with Crippen molar-refractivity contribution in [2.45, 2.75) is 38.6 Å². The number of para-hydroxylation sites is 1. The number of hydrogen-bond donors (Lipinski definition) is 1. The number of rotatable bonds is 4. The van der Waals surface area contributed by atoms with Crippen LogP contribution in [0.4, 0.5) is 5.69 Å². The highest BCUT2D eigenvalue weighted by Crippen LogP contribution is 2.26. The third kappa shape index (κ3) is 4.89. The standard InChI is InChI=1S/C21H22N4O4S.C2H6/c1-14-6-7-16(21(26)25-10-11-29-13-15(25)2)18(12-14)24-30(27,28)19-5-3-4-17-20(19)23-9-8-22-17;1-2/h3-9,12,15,24H,10-11,13H2,1-2H3;1-2H3. The first-order valence-corrected chi connectivity index (χ1v) is 12.1. The summed E-state index contributed by atoms with van der Waals surface area (Å²) in [6.07, 6.45) is 2.95. The zero-order valence-corrected chi connectivity index (χ0v) is 19.5. The number of hydrogen-bond acceptors (Lipinski definition) is 6. The lowest BCUT2D eigenvalue weighted by Gasteiger charge is -2.33. The van der Waals surface area contributed by atoms with E-state index in [0.29, 0.717) is 30.8 Å². The quantitative estimate of drug-likeness (QED) is 0.643. The van der Waals surface area contributed by atoms with Crippen molar-refractivity contribution in [3.8, 4) is 0 Å². The van der Waals surface area contributed by atoms with E-state index in [2.05, 4.69) is 14.7 Å². The molecule has 3 aromatic rings. The van der Waals surface area contributed by atoms with Crippen molar-refractivity contribution in [3.63, 3.8) is 0 Å². The molecule has 1 saturated heterocycles. The monoisotopic (exact) mass is 456 g/mol. The van der Waals surface area contributed by atoms with Crippen molar-refractivity contribution >= 4 is 32.7 Å². The van der Waals surface area contributed by atoms with Crippen LogP contribution in [0.3, 0.4) is 0 Å². The Morgan fingerprint density at radius 3 is 2.66 bits per heavy atom. The molecule has 0 bridgehead atoms. The number of anilines is 1. The number of benzene rings is 2. The summed E-state index contributed by atoms with van der Waals surface area (Å²) in [6.45, 7) is 9.11. The first kappa shape index (κ1) is 23.6. The maximum absolute atomic E-state index is 13.2. The molecule has 170 valence electrons. The number of nitrogens with zero attached hydrogens (tertiary/aromatic N) is 3. The van der Waals surface area contributed by atoms with E-state index >= 15 is 0 Å². The summed E-state index contributed by atoms with van der Waals surface area (Å²) in [7, 11) is -4.00. The average molecular weight is 457 g/mol. The second-order valence-corrected chi connectivity index (χ2v) is 8.91. The Labute approximate surface area is 188 Å². The van der Waals surface area contributed by atoms with Crippen LogP contribution in [0.1, 0.15) is 36.7 Å². The Balaban J connectivity index is 0.00000141. The van der Waals surface area contributed by atoms with Gasteiger partial charge >= 0.3 is 0 Å². The fourth-order valence-electron chi connectivity index (χ4n) is 3.50. The highest BCUT2D eigenvalue weighted by molar-refractivity contribution is 7.93. The lowest BCUT2D eigenvalue weighted by Crippen LogP contribution is -2.47. The van der Waals surface area contributed by atoms with Gasteiger partial charge < -0.3 is 9.64 Å². The number of aryl methyl sites for hydroxylation is 1. The van der Waals surface area contributed by atoms with Crippen LogP contribution in [0.25, 0.3) is 11.0 Å². The van der Waals surface area contributed by atoms with Crippen LogP contribution >= 0.6 is 0 Å². The van der Waals surface area contributed by atoms with Gasteiger partial charge in [0.1, 0.15) is 10.4 Å². The van der Waals surface area contributed by atoms with Crippen LogP contribution in [0.2, 0.25) is 0 Å². The molecule has 0 radical (unpaired) electrons. The average Bonchev–Trinajstić information content (AvgIpc) is 2.80. The van der Waals surface area contributed by atoms with Gasteiger partial charge in [-0.2, -0.15) is 0 Å². The van der Waals surface area contributed by atoms with Gasteiger partial charge in [-0.15, -0.1) is 0 Å². The van der Waals surface area contributed by atoms with Gasteiger partial charge in [-0.3, -0.25) is 19.5 Å². The summed E-state index contributed by atoms with van der Waals surface area (Å²) in [5.41, 5.74) is 2.11. The zero-order valence-electron chi connectivity index (χ0n) is 18.7. The molecule has 2 heterocycles. The lowest BCUT2D eigenvalue weighted by molar-refractivity contribution is 0.00365. The van der Waals surface area contributed by atoms with Gasteiger partial charge in [0.25, 0.3) is 15.9 Å². The van der Waals surface area contributed by atoms with E-state index in [1.165, 1.54) is 18.5 Å². The Morgan fingerprint density at radius 1 is 1.16 bits per heavy atom. The Morgan fingerprint density at radius 2 is 1.91 bits per heavy atom. The molecule has 1 atom stereocenters. The van der Waals surface area contributed by atoms with Gasteiger partial charge in [0.15, 0.2) is 0 Å². The molecule has 1 N–H and O–H groups in total. The SMILES string of the molecule is CC.Cc1ccc(C(=O)N2CCOCC2C)c(NS(=O)(=O)c2cccc3nccnc23)c1. The molecule has 0 saturated carbocycles. The van der Waals surface area contributed by atoms with Gasteiger partial charge in [0.2, 0.25) is 0 Å². The Bertz CT molecular complexity index is 1210. The number of morpholine rings is 1. The second kappa shape index (κ2) is 10.1. The molecule has 1 aromatic heterocycles. The highest BCUT2D eigenvalue weighted by Gasteiger charge is 2.28.